The molecule has 16 heavy (non-hydrogen) atoms. The van der Waals surface area contributed by atoms with E-state index in [-0.39, 0.29) is 11.7 Å². The third-order valence-electron chi connectivity index (χ3n) is 3.18. The molecule has 1 fully saturated rings. The van der Waals surface area contributed by atoms with Gasteiger partial charge >= 0.3 is 5.69 Å². The van der Waals surface area contributed by atoms with E-state index in [1.165, 1.54) is 0 Å². The van der Waals surface area contributed by atoms with Crippen LogP contribution in [0.1, 0.15) is 6.04 Å². The first-order chi connectivity index (χ1) is 7.70. The Labute approximate surface area is 97.4 Å². The van der Waals surface area contributed by atoms with Crippen LogP contribution in [-0.4, -0.2) is 22.2 Å². The van der Waals surface area contributed by atoms with Crippen LogP contribution in [0.15, 0.2) is 23.0 Å². The van der Waals surface area contributed by atoms with Gasteiger partial charge < -0.3 is 5.32 Å². The van der Waals surface area contributed by atoms with E-state index in [0.717, 1.165) is 24.1 Å². The summed E-state index contributed by atoms with van der Waals surface area (Å²) in [6, 6.07) is 5.90. The SMILES string of the molecule is Cn1c(=O)n(C2CNC2)c2cccc(Cl)c21. The van der Waals surface area contributed by atoms with Crippen molar-refractivity contribution in [2.45, 2.75) is 6.04 Å². The number of fused-ring (bicyclic) bond motifs is 1. The molecule has 1 aromatic heterocycles. The highest BCUT2D eigenvalue weighted by molar-refractivity contribution is 6.35. The maximum Gasteiger partial charge on any atom is 0.329 e. The fraction of sp³-hybridized carbons (Fsp3) is 0.364. The van der Waals surface area contributed by atoms with Gasteiger partial charge in [0.15, 0.2) is 0 Å². The number of aromatic nitrogens is 2. The molecule has 1 N–H and O–H groups in total. The molecule has 3 rings (SSSR count). The van der Waals surface area contributed by atoms with Crippen molar-refractivity contribution in [3.05, 3.63) is 33.7 Å². The van der Waals surface area contributed by atoms with Crippen molar-refractivity contribution in [1.82, 2.24) is 14.5 Å². The number of halogens is 1. The van der Waals surface area contributed by atoms with E-state index in [9.17, 15) is 4.79 Å². The molecule has 1 saturated heterocycles. The van der Waals surface area contributed by atoms with E-state index in [2.05, 4.69) is 5.32 Å². The predicted molar refractivity (Wildman–Crippen MR) is 64.1 cm³/mol. The largest absolute Gasteiger partial charge is 0.329 e. The fourth-order valence-corrected chi connectivity index (χ4v) is 2.50. The minimum Gasteiger partial charge on any atom is -0.313 e. The Kier molecular flexibility index (Phi) is 2.09. The molecular weight excluding hydrogens is 226 g/mol. The average molecular weight is 238 g/mol. The average Bonchev–Trinajstić information content (AvgIpc) is 2.42. The van der Waals surface area contributed by atoms with Gasteiger partial charge in [-0.05, 0) is 12.1 Å². The van der Waals surface area contributed by atoms with E-state index in [1.54, 1.807) is 11.6 Å². The van der Waals surface area contributed by atoms with Gasteiger partial charge in [-0.25, -0.2) is 4.79 Å². The second-order valence-electron chi connectivity index (χ2n) is 4.13. The molecule has 0 saturated carbocycles. The molecule has 0 spiro atoms. The summed E-state index contributed by atoms with van der Waals surface area (Å²) in [6.07, 6.45) is 0. The molecule has 0 atom stereocenters. The highest BCUT2D eigenvalue weighted by Gasteiger charge is 2.24. The van der Waals surface area contributed by atoms with Gasteiger partial charge in [0, 0.05) is 20.1 Å². The molecule has 4 nitrogen and oxygen atoms in total. The molecule has 2 heterocycles. The topological polar surface area (TPSA) is 39.0 Å². The van der Waals surface area contributed by atoms with Crippen LogP contribution in [0.3, 0.4) is 0 Å². The minimum absolute atomic E-state index is 0.00889. The Morgan fingerprint density at radius 1 is 1.44 bits per heavy atom. The Morgan fingerprint density at radius 3 is 2.81 bits per heavy atom. The van der Waals surface area contributed by atoms with Crippen molar-refractivity contribution in [1.29, 1.82) is 0 Å². The molecule has 0 radical (unpaired) electrons. The molecule has 1 aliphatic heterocycles. The normalized spacial score (nSPS) is 16.6. The number of hydrogen-bond donors (Lipinski definition) is 1. The van der Waals surface area contributed by atoms with E-state index in [1.807, 2.05) is 22.8 Å². The van der Waals surface area contributed by atoms with Gasteiger partial charge in [0.1, 0.15) is 0 Å². The van der Waals surface area contributed by atoms with Crippen molar-refractivity contribution in [3.63, 3.8) is 0 Å². The maximum absolute atomic E-state index is 12.1. The number of nitrogens with one attached hydrogen (secondary N) is 1. The fourth-order valence-electron chi connectivity index (χ4n) is 2.20. The van der Waals surface area contributed by atoms with Gasteiger partial charge in [0.05, 0.1) is 22.1 Å². The first-order valence-corrected chi connectivity index (χ1v) is 5.64. The number of benzene rings is 1. The number of aryl methyl sites for hydroxylation is 1. The van der Waals surface area contributed by atoms with Crippen LogP contribution in [0.25, 0.3) is 11.0 Å². The molecule has 84 valence electrons. The maximum atomic E-state index is 12.1. The van der Waals surface area contributed by atoms with Crippen molar-refractivity contribution in [2.75, 3.05) is 13.1 Å². The summed E-state index contributed by atoms with van der Waals surface area (Å²) in [5.41, 5.74) is 1.75. The Bertz CT molecular complexity index is 609. The molecule has 1 aliphatic rings. The first kappa shape index (κ1) is 9.93. The number of imidazole rings is 1. The van der Waals surface area contributed by atoms with Crippen LogP contribution >= 0.6 is 11.6 Å². The zero-order valence-corrected chi connectivity index (χ0v) is 9.66. The van der Waals surface area contributed by atoms with Gasteiger partial charge in [-0.15, -0.1) is 0 Å². The summed E-state index contributed by atoms with van der Waals surface area (Å²) in [7, 11) is 1.76. The molecular formula is C11H12ClN3O. The third kappa shape index (κ3) is 1.17. The predicted octanol–water partition coefficient (Wildman–Crippen LogP) is 1.14. The Balaban J connectivity index is 2.39. The summed E-state index contributed by atoms with van der Waals surface area (Å²) in [5.74, 6) is 0. The smallest absolute Gasteiger partial charge is 0.313 e. The van der Waals surface area contributed by atoms with Crippen molar-refractivity contribution < 1.29 is 0 Å². The first-order valence-electron chi connectivity index (χ1n) is 5.26. The van der Waals surface area contributed by atoms with Crippen LogP contribution in [0.5, 0.6) is 0 Å². The van der Waals surface area contributed by atoms with Gasteiger partial charge in [-0.1, -0.05) is 17.7 Å². The van der Waals surface area contributed by atoms with Gasteiger partial charge in [-0.3, -0.25) is 9.13 Å². The van der Waals surface area contributed by atoms with Crippen molar-refractivity contribution in [3.8, 4) is 0 Å². The Hall–Kier alpha value is -1.26. The summed E-state index contributed by atoms with van der Waals surface area (Å²) >= 11 is 6.12. The van der Waals surface area contributed by atoms with Crippen LogP contribution in [0.2, 0.25) is 5.02 Å². The third-order valence-corrected chi connectivity index (χ3v) is 3.48. The molecule has 0 bridgehead atoms. The lowest BCUT2D eigenvalue weighted by molar-refractivity contribution is 0.341. The molecule has 0 aliphatic carbocycles. The number of para-hydroxylation sites is 1. The van der Waals surface area contributed by atoms with E-state index >= 15 is 0 Å². The Morgan fingerprint density at radius 2 is 2.19 bits per heavy atom. The molecule has 5 heteroatoms. The van der Waals surface area contributed by atoms with E-state index in [0.29, 0.717) is 5.02 Å². The van der Waals surface area contributed by atoms with E-state index in [4.69, 9.17) is 11.6 Å². The minimum atomic E-state index is 0.00889. The monoisotopic (exact) mass is 237 g/mol. The second-order valence-corrected chi connectivity index (χ2v) is 4.54. The highest BCUT2D eigenvalue weighted by atomic mass is 35.5. The lowest BCUT2D eigenvalue weighted by atomic mass is 10.1. The molecule has 0 unspecified atom stereocenters. The summed E-state index contributed by atoms with van der Waals surface area (Å²) < 4.78 is 3.45. The molecule has 0 amide bonds. The standard InChI is InChI=1S/C11H12ClN3O/c1-14-10-8(12)3-2-4-9(10)15(11(14)16)7-5-13-6-7/h2-4,7,13H,5-6H2,1H3. The van der Waals surface area contributed by atoms with Crippen molar-refractivity contribution >= 4 is 22.6 Å². The number of hydrogen-bond acceptors (Lipinski definition) is 2. The summed E-state index contributed by atoms with van der Waals surface area (Å²) in [4.78, 5) is 12.1. The van der Waals surface area contributed by atoms with Gasteiger partial charge in [0.2, 0.25) is 0 Å². The van der Waals surface area contributed by atoms with Crippen molar-refractivity contribution in [2.24, 2.45) is 7.05 Å². The second kappa shape index (κ2) is 3.37. The van der Waals surface area contributed by atoms with Gasteiger partial charge in [0.25, 0.3) is 0 Å². The number of nitrogens with zero attached hydrogens (tertiary/aromatic N) is 2. The molecule has 2 aromatic rings. The highest BCUT2D eigenvalue weighted by Crippen LogP contribution is 2.24. The lowest BCUT2D eigenvalue weighted by Crippen LogP contribution is -2.46. The van der Waals surface area contributed by atoms with Crippen LogP contribution < -0.4 is 11.0 Å². The zero-order valence-electron chi connectivity index (χ0n) is 8.90. The summed E-state index contributed by atoms with van der Waals surface area (Å²) in [6.45, 7) is 1.71. The summed E-state index contributed by atoms with van der Waals surface area (Å²) in [5, 5.41) is 3.80. The van der Waals surface area contributed by atoms with Crippen LogP contribution in [0.4, 0.5) is 0 Å². The van der Waals surface area contributed by atoms with Gasteiger partial charge in [-0.2, -0.15) is 0 Å². The zero-order chi connectivity index (χ0) is 11.3. The number of rotatable bonds is 1. The van der Waals surface area contributed by atoms with Crippen LogP contribution in [0, 0.1) is 0 Å². The quantitative estimate of drug-likeness (QED) is 0.808. The van der Waals surface area contributed by atoms with E-state index < -0.39 is 0 Å². The lowest BCUT2D eigenvalue weighted by Gasteiger charge is -2.28. The molecule has 1 aromatic carbocycles. The van der Waals surface area contributed by atoms with Crippen LogP contribution in [-0.2, 0) is 7.05 Å².